The lowest BCUT2D eigenvalue weighted by atomic mass is 9.99. The summed E-state index contributed by atoms with van der Waals surface area (Å²) < 4.78 is 75.6. The van der Waals surface area contributed by atoms with E-state index < -0.39 is 46.7 Å². The van der Waals surface area contributed by atoms with E-state index in [1.807, 2.05) is 0 Å². The predicted molar refractivity (Wildman–Crippen MR) is 130 cm³/mol. The first kappa shape index (κ1) is 24.9. The molecule has 0 saturated carbocycles. The molecule has 0 aliphatic heterocycles. The molecular weight excluding hydrogens is 504 g/mol. The van der Waals surface area contributed by atoms with E-state index >= 15 is 8.78 Å². The number of aromatic carboxylic acids is 1. The van der Waals surface area contributed by atoms with Crippen LogP contribution >= 0.6 is 0 Å². The van der Waals surface area contributed by atoms with Gasteiger partial charge in [-0.05, 0) is 23.8 Å². The van der Waals surface area contributed by atoms with Gasteiger partial charge in [0.25, 0.3) is 0 Å². The molecule has 1 aromatic heterocycles. The molecule has 0 fully saturated rings. The molecule has 5 nitrogen and oxygen atoms in total. The smallest absolute Gasteiger partial charge is 0.340 e. The van der Waals surface area contributed by atoms with Crippen LogP contribution in [0, 0.1) is 23.3 Å². The van der Waals surface area contributed by atoms with Gasteiger partial charge >= 0.3 is 5.97 Å². The summed E-state index contributed by atoms with van der Waals surface area (Å²) in [4.78, 5) is 12.2. The second kappa shape index (κ2) is 9.93. The van der Waals surface area contributed by atoms with Gasteiger partial charge < -0.3 is 19.0 Å². The summed E-state index contributed by atoms with van der Waals surface area (Å²) in [5.41, 5.74) is -0.220. The van der Waals surface area contributed by atoms with Crippen molar-refractivity contribution in [1.29, 1.82) is 0 Å². The van der Waals surface area contributed by atoms with Gasteiger partial charge in [-0.1, -0.05) is 60.7 Å². The van der Waals surface area contributed by atoms with Crippen LogP contribution in [0.15, 0.2) is 83.3 Å². The third kappa shape index (κ3) is 4.21. The second-order valence-corrected chi connectivity index (χ2v) is 8.25. The molecule has 0 bridgehead atoms. The third-order valence-electron chi connectivity index (χ3n) is 5.99. The molecule has 0 spiro atoms. The summed E-state index contributed by atoms with van der Waals surface area (Å²) in [7, 11) is 0.884. The summed E-state index contributed by atoms with van der Waals surface area (Å²) >= 11 is 0. The van der Waals surface area contributed by atoms with Crippen LogP contribution in [0.5, 0.6) is 11.5 Å². The Morgan fingerprint density at radius 2 is 1.45 bits per heavy atom. The zero-order valence-electron chi connectivity index (χ0n) is 19.7. The zero-order valence-corrected chi connectivity index (χ0v) is 19.7. The molecule has 1 atom stereocenters. The van der Waals surface area contributed by atoms with E-state index in [4.69, 9.17) is 9.15 Å². The lowest BCUT2D eigenvalue weighted by Crippen LogP contribution is -2.17. The van der Waals surface area contributed by atoms with E-state index in [-0.39, 0.29) is 33.6 Å². The van der Waals surface area contributed by atoms with Gasteiger partial charge in [0.05, 0.1) is 12.7 Å². The summed E-state index contributed by atoms with van der Waals surface area (Å²) in [6.45, 7) is 0. The van der Waals surface area contributed by atoms with E-state index in [1.165, 1.54) is 30.3 Å². The van der Waals surface area contributed by atoms with Crippen molar-refractivity contribution in [3.05, 3.63) is 119 Å². The average Bonchev–Trinajstić information content (AvgIpc) is 3.32. The molecule has 38 heavy (non-hydrogen) atoms. The Kier molecular flexibility index (Phi) is 6.50. The summed E-state index contributed by atoms with van der Waals surface area (Å²) in [6.07, 6.45) is -1.64. The van der Waals surface area contributed by atoms with Crippen LogP contribution in [0.4, 0.5) is 17.6 Å². The number of furan rings is 1. The maximum Gasteiger partial charge on any atom is 0.340 e. The maximum absolute atomic E-state index is 15.1. The fraction of sp³-hybridized carbons (Fsp3) is 0.0690. The lowest BCUT2D eigenvalue weighted by molar-refractivity contribution is 0.0699. The van der Waals surface area contributed by atoms with Gasteiger partial charge in [-0.15, -0.1) is 0 Å². The molecule has 0 radical (unpaired) electrons. The Bertz CT molecular complexity index is 1620. The number of rotatable bonds is 7. The molecule has 0 aliphatic rings. The Hall–Kier alpha value is -4.79. The summed E-state index contributed by atoms with van der Waals surface area (Å²) in [6, 6.07) is 20.5. The lowest BCUT2D eigenvalue weighted by Gasteiger charge is -2.22. The normalized spacial score (nSPS) is 11.9. The molecule has 5 rings (SSSR count). The van der Waals surface area contributed by atoms with Gasteiger partial charge in [0, 0.05) is 10.9 Å². The molecule has 5 aromatic rings. The van der Waals surface area contributed by atoms with Crippen molar-refractivity contribution in [3.63, 3.8) is 0 Å². The summed E-state index contributed by atoms with van der Waals surface area (Å²) in [5.74, 6) is -9.17. The van der Waals surface area contributed by atoms with Crippen molar-refractivity contribution in [2.45, 2.75) is 6.10 Å². The first-order chi connectivity index (χ1) is 18.3. The van der Waals surface area contributed by atoms with E-state index in [1.54, 1.807) is 48.5 Å². The van der Waals surface area contributed by atoms with Gasteiger partial charge in [0.15, 0.2) is 23.5 Å². The minimum atomic E-state index is -1.71. The standard InChI is InChI=1S/C29H18F4O5/c1-36-28-24(32)22(30)21(23(31)25(28)33)27(16-10-6-3-7-11-16)37-17-12-13-19-18(14-17)20(29(34)35)26(38-19)15-8-4-2-5-9-15/h2-14,27H,1H3,(H,34,35). The number of hydrogen-bond donors (Lipinski definition) is 1. The van der Waals surface area contributed by atoms with Crippen molar-refractivity contribution >= 4 is 16.9 Å². The van der Waals surface area contributed by atoms with Crippen LogP contribution in [0.1, 0.15) is 27.6 Å². The van der Waals surface area contributed by atoms with E-state index in [2.05, 4.69) is 4.74 Å². The highest BCUT2D eigenvalue weighted by atomic mass is 19.2. The molecule has 0 amide bonds. The Balaban J connectivity index is 1.67. The van der Waals surface area contributed by atoms with Crippen LogP contribution in [0.2, 0.25) is 0 Å². The number of carbonyl (C=O) groups is 1. The Labute approximate surface area is 213 Å². The minimum absolute atomic E-state index is 0.0234. The highest BCUT2D eigenvalue weighted by Crippen LogP contribution is 2.40. The summed E-state index contributed by atoms with van der Waals surface area (Å²) in [5, 5.41) is 10.1. The molecule has 0 saturated heterocycles. The van der Waals surface area contributed by atoms with Gasteiger partial charge in [0.2, 0.25) is 11.6 Å². The van der Waals surface area contributed by atoms with Crippen molar-refractivity contribution < 1.29 is 41.4 Å². The van der Waals surface area contributed by atoms with Gasteiger partial charge in [-0.25, -0.2) is 13.6 Å². The maximum atomic E-state index is 15.1. The highest BCUT2D eigenvalue weighted by Gasteiger charge is 2.33. The van der Waals surface area contributed by atoms with E-state index in [0.717, 1.165) is 7.11 Å². The monoisotopic (exact) mass is 522 g/mol. The first-order valence-electron chi connectivity index (χ1n) is 11.3. The van der Waals surface area contributed by atoms with E-state index in [0.29, 0.717) is 5.56 Å². The van der Waals surface area contributed by atoms with Gasteiger partial charge in [0.1, 0.15) is 22.7 Å². The van der Waals surface area contributed by atoms with Crippen molar-refractivity contribution in [2.24, 2.45) is 0 Å². The number of carboxylic acids is 1. The number of carboxylic acid groups (broad SMARTS) is 1. The van der Waals surface area contributed by atoms with Crippen LogP contribution in [-0.2, 0) is 0 Å². The van der Waals surface area contributed by atoms with Crippen LogP contribution in [-0.4, -0.2) is 18.2 Å². The van der Waals surface area contributed by atoms with Crippen molar-refractivity contribution in [2.75, 3.05) is 7.11 Å². The number of fused-ring (bicyclic) bond motifs is 1. The second-order valence-electron chi connectivity index (χ2n) is 8.25. The van der Waals surface area contributed by atoms with E-state index in [9.17, 15) is 18.7 Å². The number of benzene rings is 4. The van der Waals surface area contributed by atoms with Gasteiger partial charge in [-0.3, -0.25) is 0 Å². The number of halogens is 4. The SMILES string of the molecule is COc1c(F)c(F)c(C(Oc2ccc3oc(-c4ccccc4)c(C(=O)O)c3c2)c2ccccc2)c(F)c1F. The van der Waals surface area contributed by atoms with Crippen molar-refractivity contribution in [3.8, 4) is 22.8 Å². The number of ether oxygens (including phenoxy) is 2. The fourth-order valence-corrected chi connectivity index (χ4v) is 4.25. The molecule has 1 heterocycles. The average molecular weight is 522 g/mol. The molecule has 4 aromatic carbocycles. The topological polar surface area (TPSA) is 68.9 Å². The highest BCUT2D eigenvalue weighted by molar-refractivity contribution is 6.08. The van der Waals surface area contributed by atoms with Crippen molar-refractivity contribution in [1.82, 2.24) is 0 Å². The molecule has 1 N–H and O–H groups in total. The number of methoxy groups -OCH3 is 1. The zero-order chi connectivity index (χ0) is 27.0. The fourth-order valence-electron chi connectivity index (χ4n) is 4.25. The minimum Gasteiger partial charge on any atom is -0.491 e. The Morgan fingerprint density at radius 1 is 0.842 bits per heavy atom. The first-order valence-corrected chi connectivity index (χ1v) is 11.3. The predicted octanol–water partition coefficient (Wildman–Crippen LogP) is 7.53. The largest absolute Gasteiger partial charge is 0.491 e. The van der Waals surface area contributed by atoms with Gasteiger partial charge in [-0.2, -0.15) is 8.78 Å². The molecule has 192 valence electrons. The molecule has 1 unspecified atom stereocenters. The number of hydrogen-bond acceptors (Lipinski definition) is 4. The third-order valence-corrected chi connectivity index (χ3v) is 5.99. The molecular formula is C29H18F4O5. The van der Waals surface area contributed by atoms with Crippen LogP contribution in [0.25, 0.3) is 22.3 Å². The molecule has 9 heteroatoms. The van der Waals surface area contributed by atoms with Crippen LogP contribution in [0.3, 0.4) is 0 Å². The molecule has 0 aliphatic carbocycles. The quantitative estimate of drug-likeness (QED) is 0.177. The van der Waals surface area contributed by atoms with Crippen LogP contribution < -0.4 is 9.47 Å². The Morgan fingerprint density at radius 3 is 2.03 bits per heavy atom.